The van der Waals surface area contributed by atoms with Crippen molar-refractivity contribution in [1.29, 1.82) is 0 Å². The van der Waals surface area contributed by atoms with E-state index in [1.807, 2.05) is 20.8 Å². The summed E-state index contributed by atoms with van der Waals surface area (Å²) < 4.78 is 0. The van der Waals surface area contributed by atoms with Crippen LogP contribution in [0, 0.1) is 5.92 Å². The normalized spacial score (nSPS) is 14.4. The Labute approximate surface area is 118 Å². The van der Waals surface area contributed by atoms with E-state index >= 15 is 0 Å². The molecule has 1 amide bonds. The van der Waals surface area contributed by atoms with Crippen LogP contribution in [0.15, 0.2) is 18.2 Å². The molecule has 18 heavy (non-hydrogen) atoms. The van der Waals surface area contributed by atoms with Gasteiger partial charge in [-0.25, -0.2) is 0 Å². The van der Waals surface area contributed by atoms with Crippen molar-refractivity contribution < 1.29 is 4.79 Å². The number of halogens is 2. The Bertz CT molecular complexity index is 435. The highest BCUT2D eigenvalue weighted by Crippen LogP contribution is 2.26. The molecule has 1 aromatic carbocycles. The maximum atomic E-state index is 11.8. The summed E-state index contributed by atoms with van der Waals surface area (Å²) in [6.45, 7) is 5.68. The molecule has 0 spiro atoms. The van der Waals surface area contributed by atoms with Gasteiger partial charge in [-0.3, -0.25) is 4.79 Å². The molecule has 0 aliphatic carbocycles. The van der Waals surface area contributed by atoms with Gasteiger partial charge in [0.15, 0.2) is 0 Å². The molecule has 3 nitrogen and oxygen atoms in total. The molecule has 0 aliphatic heterocycles. The Kier molecular flexibility index (Phi) is 5.45. The SMILES string of the molecule is CC(NC(=O)[C@H](N)C(C)C)c1ccc(Cl)cc1Cl. The molecule has 0 aromatic heterocycles. The standard InChI is InChI=1S/C13H18Cl2N2O/c1-7(2)12(16)13(18)17-8(3)10-5-4-9(14)6-11(10)15/h4-8,12H,16H2,1-3H3,(H,17,18)/t8?,12-/m1/s1. The second-order valence-corrected chi connectivity index (χ2v) is 5.51. The molecule has 0 saturated heterocycles. The summed E-state index contributed by atoms with van der Waals surface area (Å²) in [5.41, 5.74) is 6.61. The number of carbonyl (C=O) groups is 1. The number of hydrogen-bond acceptors (Lipinski definition) is 2. The maximum Gasteiger partial charge on any atom is 0.237 e. The van der Waals surface area contributed by atoms with E-state index in [4.69, 9.17) is 28.9 Å². The van der Waals surface area contributed by atoms with Gasteiger partial charge in [0, 0.05) is 10.0 Å². The zero-order valence-corrected chi connectivity index (χ0v) is 12.2. The lowest BCUT2D eigenvalue weighted by Crippen LogP contribution is -2.44. The van der Waals surface area contributed by atoms with Crippen molar-refractivity contribution in [2.45, 2.75) is 32.9 Å². The van der Waals surface area contributed by atoms with Crippen LogP contribution in [0.5, 0.6) is 0 Å². The highest BCUT2D eigenvalue weighted by Gasteiger charge is 2.20. The van der Waals surface area contributed by atoms with Gasteiger partial charge in [0.25, 0.3) is 0 Å². The number of nitrogens with one attached hydrogen (secondary N) is 1. The second-order valence-electron chi connectivity index (χ2n) is 4.67. The number of benzene rings is 1. The zero-order chi connectivity index (χ0) is 13.9. The van der Waals surface area contributed by atoms with E-state index in [2.05, 4.69) is 5.32 Å². The molecule has 5 heteroatoms. The topological polar surface area (TPSA) is 55.1 Å². The number of nitrogens with two attached hydrogens (primary N) is 1. The molecule has 1 rings (SSSR count). The first-order valence-electron chi connectivity index (χ1n) is 5.83. The summed E-state index contributed by atoms with van der Waals surface area (Å²) in [6, 6.07) is 4.49. The summed E-state index contributed by atoms with van der Waals surface area (Å²) in [6.07, 6.45) is 0. The molecule has 1 aromatic rings. The lowest BCUT2D eigenvalue weighted by molar-refractivity contribution is -0.123. The quantitative estimate of drug-likeness (QED) is 0.894. The first kappa shape index (κ1) is 15.3. The van der Waals surface area contributed by atoms with Gasteiger partial charge in [-0.15, -0.1) is 0 Å². The van der Waals surface area contributed by atoms with E-state index in [-0.39, 0.29) is 17.9 Å². The molecule has 100 valence electrons. The van der Waals surface area contributed by atoms with E-state index in [9.17, 15) is 4.79 Å². The molecule has 0 heterocycles. The molecular weight excluding hydrogens is 271 g/mol. The average Bonchev–Trinajstić information content (AvgIpc) is 2.27. The predicted molar refractivity (Wildman–Crippen MR) is 75.8 cm³/mol. The minimum Gasteiger partial charge on any atom is -0.348 e. The van der Waals surface area contributed by atoms with Gasteiger partial charge in [0.1, 0.15) is 0 Å². The smallest absolute Gasteiger partial charge is 0.237 e. The van der Waals surface area contributed by atoms with Crippen LogP contribution in [0.1, 0.15) is 32.4 Å². The van der Waals surface area contributed by atoms with Crippen LogP contribution in [0.2, 0.25) is 10.0 Å². The Morgan fingerprint density at radius 3 is 2.39 bits per heavy atom. The third-order valence-electron chi connectivity index (χ3n) is 2.81. The summed E-state index contributed by atoms with van der Waals surface area (Å²) in [7, 11) is 0. The fourth-order valence-corrected chi connectivity index (χ4v) is 2.11. The monoisotopic (exact) mass is 288 g/mol. The number of rotatable bonds is 4. The van der Waals surface area contributed by atoms with Gasteiger partial charge in [-0.1, -0.05) is 43.1 Å². The van der Waals surface area contributed by atoms with Gasteiger partial charge in [-0.2, -0.15) is 0 Å². The second kappa shape index (κ2) is 6.41. The third-order valence-corrected chi connectivity index (χ3v) is 3.37. The Morgan fingerprint density at radius 1 is 1.28 bits per heavy atom. The first-order chi connectivity index (χ1) is 8.32. The molecule has 2 atom stereocenters. The van der Waals surface area contributed by atoms with E-state index in [1.54, 1.807) is 18.2 Å². The highest BCUT2D eigenvalue weighted by atomic mass is 35.5. The molecule has 0 saturated carbocycles. The van der Waals surface area contributed by atoms with Crippen LogP contribution in [0.4, 0.5) is 0 Å². The Morgan fingerprint density at radius 2 is 1.89 bits per heavy atom. The van der Waals surface area contributed by atoms with Crippen LogP contribution in [0.3, 0.4) is 0 Å². The predicted octanol–water partition coefficient (Wildman–Crippen LogP) is 3.15. The van der Waals surface area contributed by atoms with Crippen molar-refractivity contribution in [3.05, 3.63) is 33.8 Å². The lowest BCUT2D eigenvalue weighted by Gasteiger charge is -2.20. The van der Waals surface area contributed by atoms with Crippen molar-refractivity contribution in [3.63, 3.8) is 0 Å². The summed E-state index contributed by atoms with van der Waals surface area (Å²) in [5, 5.41) is 3.95. The molecule has 3 N–H and O–H groups in total. The van der Waals surface area contributed by atoms with E-state index < -0.39 is 6.04 Å². The number of hydrogen-bond donors (Lipinski definition) is 2. The van der Waals surface area contributed by atoms with Crippen molar-refractivity contribution in [1.82, 2.24) is 5.32 Å². The summed E-state index contributed by atoms with van der Waals surface area (Å²) in [4.78, 5) is 11.8. The minimum absolute atomic E-state index is 0.0953. The van der Waals surface area contributed by atoms with Gasteiger partial charge < -0.3 is 11.1 Å². The molecule has 0 fully saturated rings. The largest absolute Gasteiger partial charge is 0.348 e. The third kappa shape index (κ3) is 3.87. The van der Waals surface area contributed by atoms with Crippen LogP contribution in [-0.2, 0) is 4.79 Å². The molecular formula is C13H18Cl2N2O. The van der Waals surface area contributed by atoms with Gasteiger partial charge in [0.05, 0.1) is 12.1 Å². The van der Waals surface area contributed by atoms with Gasteiger partial charge in [-0.05, 0) is 30.5 Å². The zero-order valence-electron chi connectivity index (χ0n) is 10.7. The van der Waals surface area contributed by atoms with Crippen LogP contribution < -0.4 is 11.1 Å². The highest BCUT2D eigenvalue weighted by molar-refractivity contribution is 6.35. The van der Waals surface area contributed by atoms with Crippen molar-refractivity contribution in [2.75, 3.05) is 0 Å². The first-order valence-corrected chi connectivity index (χ1v) is 6.59. The van der Waals surface area contributed by atoms with Crippen molar-refractivity contribution >= 4 is 29.1 Å². The fraction of sp³-hybridized carbons (Fsp3) is 0.462. The van der Waals surface area contributed by atoms with Crippen LogP contribution in [-0.4, -0.2) is 11.9 Å². The molecule has 0 bridgehead atoms. The number of carbonyl (C=O) groups excluding carboxylic acids is 1. The van der Waals surface area contributed by atoms with E-state index in [1.165, 1.54) is 0 Å². The van der Waals surface area contributed by atoms with Crippen LogP contribution in [0.25, 0.3) is 0 Å². The maximum absolute atomic E-state index is 11.8. The van der Waals surface area contributed by atoms with E-state index in [0.29, 0.717) is 10.0 Å². The minimum atomic E-state index is -0.515. The number of amides is 1. The van der Waals surface area contributed by atoms with Crippen molar-refractivity contribution in [3.8, 4) is 0 Å². The summed E-state index contributed by atoms with van der Waals surface area (Å²) >= 11 is 11.9. The van der Waals surface area contributed by atoms with Gasteiger partial charge in [0.2, 0.25) is 5.91 Å². The van der Waals surface area contributed by atoms with E-state index in [0.717, 1.165) is 5.56 Å². The average molecular weight is 289 g/mol. The van der Waals surface area contributed by atoms with Gasteiger partial charge >= 0.3 is 0 Å². The lowest BCUT2D eigenvalue weighted by atomic mass is 10.0. The fourth-order valence-electron chi connectivity index (χ4n) is 1.54. The van der Waals surface area contributed by atoms with Crippen LogP contribution >= 0.6 is 23.2 Å². The molecule has 0 aliphatic rings. The summed E-state index contributed by atoms with van der Waals surface area (Å²) in [5.74, 6) is -0.0820. The Balaban J connectivity index is 2.76. The molecule has 0 radical (unpaired) electrons. The molecule has 1 unspecified atom stereocenters. The Hall–Kier alpha value is -0.770. The van der Waals surface area contributed by atoms with Crippen molar-refractivity contribution in [2.24, 2.45) is 11.7 Å².